The van der Waals surface area contributed by atoms with Gasteiger partial charge in [0, 0.05) is 12.0 Å². The monoisotopic (exact) mass is 274 g/mol. The molecule has 2 unspecified atom stereocenters. The average Bonchev–Trinajstić information content (AvgIpc) is 2.48. The molecule has 20 heavy (non-hydrogen) atoms. The lowest BCUT2D eigenvalue weighted by Crippen LogP contribution is -2.57. The summed E-state index contributed by atoms with van der Waals surface area (Å²) in [6.45, 7) is 4.20. The molecule has 1 amide bonds. The van der Waals surface area contributed by atoms with Crippen LogP contribution in [0, 0.1) is 0 Å². The smallest absolute Gasteiger partial charge is 0.240 e. The van der Waals surface area contributed by atoms with Crippen LogP contribution in [-0.2, 0) is 4.79 Å². The lowest BCUT2D eigenvalue weighted by molar-refractivity contribution is -0.128. The molecule has 110 valence electrons. The molecule has 0 aliphatic heterocycles. The fourth-order valence-electron chi connectivity index (χ4n) is 2.93. The van der Waals surface area contributed by atoms with Crippen molar-refractivity contribution >= 4 is 5.91 Å². The Hall–Kier alpha value is -1.35. The molecule has 0 aromatic heterocycles. The molecule has 0 heterocycles. The molecule has 1 fully saturated rings. The first-order valence-electron chi connectivity index (χ1n) is 7.68. The SMILES string of the molecule is CC(NC(=O)C1(N)CCCCC1)C(C)c1ccccc1. The van der Waals surface area contributed by atoms with E-state index in [1.165, 1.54) is 12.0 Å². The van der Waals surface area contributed by atoms with E-state index in [1.807, 2.05) is 18.2 Å². The molecule has 1 aliphatic carbocycles. The van der Waals surface area contributed by atoms with Crippen LogP contribution < -0.4 is 11.1 Å². The maximum absolute atomic E-state index is 12.4. The number of carbonyl (C=O) groups excluding carboxylic acids is 1. The Morgan fingerprint density at radius 1 is 1.15 bits per heavy atom. The van der Waals surface area contributed by atoms with Crippen molar-refractivity contribution in [3.63, 3.8) is 0 Å². The third-order valence-electron chi connectivity index (χ3n) is 4.63. The van der Waals surface area contributed by atoms with E-state index in [2.05, 4.69) is 31.3 Å². The zero-order chi connectivity index (χ0) is 14.6. The van der Waals surface area contributed by atoms with Crippen LogP contribution >= 0.6 is 0 Å². The third-order valence-corrected chi connectivity index (χ3v) is 4.63. The second-order valence-electron chi connectivity index (χ2n) is 6.18. The van der Waals surface area contributed by atoms with Crippen molar-refractivity contribution in [1.82, 2.24) is 5.32 Å². The highest BCUT2D eigenvalue weighted by molar-refractivity contribution is 5.86. The van der Waals surface area contributed by atoms with Gasteiger partial charge in [0.15, 0.2) is 0 Å². The van der Waals surface area contributed by atoms with Crippen molar-refractivity contribution in [2.45, 2.75) is 63.5 Å². The van der Waals surface area contributed by atoms with Crippen LogP contribution in [0.15, 0.2) is 30.3 Å². The fraction of sp³-hybridized carbons (Fsp3) is 0.588. The van der Waals surface area contributed by atoms with Crippen molar-refractivity contribution in [2.75, 3.05) is 0 Å². The van der Waals surface area contributed by atoms with Gasteiger partial charge in [-0.2, -0.15) is 0 Å². The minimum absolute atomic E-state index is 0.0208. The van der Waals surface area contributed by atoms with Gasteiger partial charge in [0.25, 0.3) is 0 Å². The summed E-state index contributed by atoms with van der Waals surface area (Å²) in [5.74, 6) is 0.305. The normalized spacial score (nSPS) is 20.9. The first kappa shape index (κ1) is 15.0. The van der Waals surface area contributed by atoms with Crippen LogP contribution in [0.4, 0.5) is 0 Å². The van der Waals surface area contributed by atoms with Crippen molar-refractivity contribution in [1.29, 1.82) is 0 Å². The molecule has 1 aliphatic rings. The van der Waals surface area contributed by atoms with Gasteiger partial charge in [-0.25, -0.2) is 0 Å². The minimum atomic E-state index is -0.650. The molecule has 3 N–H and O–H groups in total. The maximum Gasteiger partial charge on any atom is 0.240 e. The summed E-state index contributed by atoms with van der Waals surface area (Å²) in [5, 5.41) is 3.12. The maximum atomic E-state index is 12.4. The van der Waals surface area contributed by atoms with Gasteiger partial charge in [-0.05, 0) is 25.3 Å². The Bertz CT molecular complexity index is 438. The molecule has 0 bridgehead atoms. The number of rotatable bonds is 4. The van der Waals surface area contributed by atoms with Crippen LogP contribution in [0.5, 0.6) is 0 Å². The fourth-order valence-corrected chi connectivity index (χ4v) is 2.93. The second kappa shape index (κ2) is 6.40. The predicted octanol–water partition coefficient (Wildman–Crippen LogP) is 2.96. The van der Waals surface area contributed by atoms with Crippen LogP contribution in [0.25, 0.3) is 0 Å². The topological polar surface area (TPSA) is 55.1 Å². The molecular formula is C17H26N2O. The average molecular weight is 274 g/mol. The van der Waals surface area contributed by atoms with Crippen LogP contribution in [0.2, 0.25) is 0 Å². The third kappa shape index (κ3) is 3.40. The highest BCUT2D eigenvalue weighted by Crippen LogP contribution is 2.27. The van der Waals surface area contributed by atoms with E-state index < -0.39 is 5.54 Å². The number of benzene rings is 1. The molecule has 0 radical (unpaired) electrons. The van der Waals surface area contributed by atoms with Crippen molar-refractivity contribution in [2.24, 2.45) is 5.73 Å². The molecule has 3 nitrogen and oxygen atoms in total. The highest BCUT2D eigenvalue weighted by atomic mass is 16.2. The summed E-state index contributed by atoms with van der Waals surface area (Å²) in [6.07, 6.45) is 4.94. The molecule has 2 atom stereocenters. The summed E-state index contributed by atoms with van der Waals surface area (Å²) < 4.78 is 0. The van der Waals surface area contributed by atoms with Crippen LogP contribution in [0.3, 0.4) is 0 Å². The predicted molar refractivity (Wildman–Crippen MR) is 82.5 cm³/mol. The van der Waals surface area contributed by atoms with E-state index in [-0.39, 0.29) is 17.9 Å². The lowest BCUT2D eigenvalue weighted by atomic mass is 9.81. The molecule has 1 aromatic carbocycles. The molecule has 0 saturated heterocycles. The number of nitrogens with one attached hydrogen (secondary N) is 1. The highest BCUT2D eigenvalue weighted by Gasteiger charge is 2.36. The zero-order valence-electron chi connectivity index (χ0n) is 12.6. The van der Waals surface area contributed by atoms with Gasteiger partial charge in [0.1, 0.15) is 0 Å². The standard InChI is InChI=1S/C17H26N2O/c1-13(15-9-5-3-6-10-15)14(2)19-16(20)17(18)11-7-4-8-12-17/h3,5-6,9-10,13-14H,4,7-8,11-12,18H2,1-2H3,(H,19,20). The molecule has 0 spiro atoms. The number of nitrogens with two attached hydrogens (primary N) is 1. The Kier molecular flexibility index (Phi) is 4.81. The Labute approximate surface area is 121 Å². The van der Waals surface area contributed by atoms with E-state index in [0.717, 1.165) is 25.7 Å². The summed E-state index contributed by atoms with van der Waals surface area (Å²) >= 11 is 0. The van der Waals surface area contributed by atoms with Gasteiger partial charge in [-0.1, -0.05) is 56.5 Å². The van der Waals surface area contributed by atoms with E-state index in [4.69, 9.17) is 5.73 Å². The first-order valence-corrected chi connectivity index (χ1v) is 7.68. The Balaban J connectivity index is 1.97. The van der Waals surface area contributed by atoms with Crippen LogP contribution in [0.1, 0.15) is 57.4 Å². The van der Waals surface area contributed by atoms with Crippen LogP contribution in [-0.4, -0.2) is 17.5 Å². The van der Waals surface area contributed by atoms with Gasteiger partial charge in [0.05, 0.1) is 5.54 Å². The Morgan fingerprint density at radius 3 is 2.35 bits per heavy atom. The first-order chi connectivity index (χ1) is 9.53. The summed E-state index contributed by atoms with van der Waals surface area (Å²) in [6, 6.07) is 10.4. The molecule has 2 rings (SSSR count). The molecular weight excluding hydrogens is 248 g/mol. The number of hydrogen-bond donors (Lipinski definition) is 2. The molecule has 1 aromatic rings. The van der Waals surface area contributed by atoms with E-state index in [0.29, 0.717) is 0 Å². The van der Waals surface area contributed by atoms with Crippen molar-refractivity contribution < 1.29 is 4.79 Å². The summed E-state index contributed by atoms with van der Waals surface area (Å²) in [7, 11) is 0. The van der Waals surface area contributed by atoms with Gasteiger partial charge in [-0.15, -0.1) is 0 Å². The van der Waals surface area contributed by atoms with E-state index >= 15 is 0 Å². The Morgan fingerprint density at radius 2 is 1.75 bits per heavy atom. The summed E-state index contributed by atoms with van der Waals surface area (Å²) in [4.78, 5) is 12.4. The largest absolute Gasteiger partial charge is 0.351 e. The molecule has 1 saturated carbocycles. The van der Waals surface area contributed by atoms with Gasteiger partial charge >= 0.3 is 0 Å². The quantitative estimate of drug-likeness (QED) is 0.887. The number of carbonyl (C=O) groups is 1. The zero-order valence-corrected chi connectivity index (χ0v) is 12.6. The van der Waals surface area contributed by atoms with E-state index in [9.17, 15) is 4.79 Å². The van der Waals surface area contributed by atoms with Gasteiger partial charge in [-0.3, -0.25) is 4.79 Å². The number of amides is 1. The van der Waals surface area contributed by atoms with Gasteiger partial charge in [0.2, 0.25) is 5.91 Å². The van der Waals surface area contributed by atoms with Gasteiger partial charge < -0.3 is 11.1 Å². The van der Waals surface area contributed by atoms with Crippen molar-refractivity contribution in [3.8, 4) is 0 Å². The van der Waals surface area contributed by atoms with E-state index in [1.54, 1.807) is 0 Å². The molecule has 3 heteroatoms. The second-order valence-corrected chi connectivity index (χ2v) is 6.18. The lowest BCUT2D eigenvalue weighted by Gasteiger charge is -2.34. The van der Waals surface area contributed by atoms with Crippen molar-refractivity contribution in [3.05, 3.63) is 35.9 Å². The summed E-state index contributed by atoms with van der Waals surface area (Å²) in [5.41, 5.74) is 6.87. The minimum Gasteiger partial charge on any atom is -0.351 e. The number of hydrogen-bond acceptors (Lipinski definition) is 2.